The van der Waals surface area contributed by atoms with E-state index in [2.05, 4.69) is 37.5 Å². The lowest BCUT2D eigenvalue weighted by atomic mass is 9.90. The molecule has 0 bridgehead atoms. The molecular weight excluding hydrogens is 304 g/mol. The van der Waals surface area contributed by atoms with Crippen molar-refractivity contribution in [3.8, 4) is 0 Å². The SMILES string of the molecule is CCCCCN1CCSC2=C1N(CCCCC(C)(C)C)CCO2. The van der Waals surface area contributed by atoms with Crippen LogP contribution >= 0.6 is 11.8 Å². The van der Waals surface area contributed by atoms with Crippen LogP contribution in [0.5, 0.6) is 0 Å². The van der Waals surface area contributed by atoms with Crippen molar-refractivity contribution in [3.63, 3.8) is 0 Å². The van der Waals surface area contributed by atoms with Crippen molar-refractivity contribution in [2.45, 2.75) is 66.2 Å². The van der Waals surface area contributed by atoms with E-state index in [1.165, 1.54) is 74.8 Å². The highest BCUT2D eigenvalue weighted by Gasteiger charge is 2.29. The Morgan fingerprint density at radius 2 is 1.70 bits per heavy atom. The third kappa shape index (κ3) is 6.13. The monoisotopic (exact) mass is 340 g/mol. The Morgan fingerprint density at radius 1 is 1.00 bits per heavy atom. The van der Waals surface area contributed by atoms with Gasteiger partial charge < -0.3 is 14.5 Å². The van der Waals surface area contributed by atoms with Crippen LogP contribution in [0.1, 0.15) is 66.2 Å². The molecule has 2 rings (SSSR count). The summed E-state index contributed by atoms with van der Waals surface area (Å²) in [7, 11) is 0. The highest BCUT2D eigenvalue weighted by atomic mass is 32.2. The summed E-state index contributed by atoms with van der Waals surface area (Å²) in [5, 5.41) is 1.19. The summed E-state index contributed by atoms with van der Waals surface area (Å²) in [6.07, 6.45) is 7.86. The topological polar surface area (TPSA) is 15.7 Å². The van der Waals surface area contributed by atoms with Gasteiger partial charge in [-0.2, -0.15) is 0 Å². The van der Waals surface area contributed by atoms with Gasteiger partial charge in [0, 0.05) is 25.4 Å². The predicted molar refractivity (Wildman–Crippen MR) is 101 cm³/mol. The summed E-state index contributed by atoms with van der Waals surface area (Å²) in [5.41, 5.74) is 0.461. The third-order valence-electron chi connectivity index (χ3n) is 4.61. The lowest BCUT2D eigenvalue weighted by Gasteiger charge is -2.42. The standard InChI is InChI=1S/C19H36N2OS/c1-5-6-8-11-21-14-16-23-18-17(21)20(13-15-22-18)12-9-7-10-19(2,3)4/h5-16H2,1-4H3. The molecule has 0 atom stereocenters. The number of thioether (sulfide) groups is 1. The molecule has 0 unspecified atom stereocenters. The van der Waals surface area contributed by atoms with Gasteiger partial charge in [-0.1, -0.05) is 58.7 Å². The second kappa shape index (κ2) is 9.10. The Kier molecular flexibility index (Phi) is 7.45. The molecule has 134 valence electrons. The zero-order valence-corrected chi connectivity index (χ0v) is 16.5. The molecule has 0 aliphatic carbocycles. The molecule has 0 aromatic rings. The van der Waals surface area contributed by atoms with Crippen LogP contribution in [0, 0.1) is 5.41 Å². The molecule has 0 radical (unpaired) electrons. The van der Waals surface area contributed by atoms with Crippen LogP contribution in [0.25, 0.3) is 0 Å². The van der Waals surface area contributed by atoms with Gasteiger partial charge in [0.1, 0.15) is 6.61 Å². The van der Waals surface area contributed by atoms with Crippen molar-refractivity contribution in [2.75, 3.05) is 38.5 Å². The highest BCUT2D eigenvalue weighted by Crippen LogP contribution is 2.34. The Hall–Kier alpha value is -0.510. The summed E-state index contributed by atoms with van der Waals surface area (Å²) in [4.78, 5) is 5.18. The zero-order valence-electron chi connectivity index (χ0n) is 15.7. The minimum absolute atomic E-state index is 0.461. The molecule has 0 fully saturated rings. The minimum atomic E-state index is 0.461. The Bertz CT molecular complexity index is 385. The van der Waals surface area contributed by atoms with E-state index in [1.807, 2.05) is 11.8 Å². The van der Waals surface area contributed by atoms with Crippen molar-refractivity contribution in [2.24, 2.45) is 5.41 Å². The van der Waals surface area contributed by atoms with Crippen LogP contribution in [0.2, 0.25) is 0 Å². The van der Waals surface area contributed by atoms with E-state index in [-0.39, 0.29) is 0 Å². The first-order valence-corrected chi connectivity index (χ1v) is 10.5. The van der Waals surface area contributed by atoms with E-state index in [1.54, 1.807) is 0 Å². The quantitative estimate of drug-likeness (QED) is 0.584. The summed E-state index contributed by atoms with van der Waals surface area (Å²) >= 11 is 1.91. The molecule has 0 aromatic carbocycles. The van der Waals surface area contributed by atoms with Crippen LogP contribution < -0.4 is 0 Å². The molecule has 23 heavy (non-hydrogen) atoms. The molecule has 0 aromatic heterocycles. The van der Waals surface area contributed by atoms with E-state index >= 15 is 0 Å². The lowest BCUT2D eigenvalue weighted by Crippen LogP contribution is -2.44. The molecule has 0 amide bonds. The number of ether oxygens (including phenoxy) is 1. The van der Waals surface area contributed by atoms with E-state index in [0.717, 1.165) is 13.2 Å². The number of unbranched alkanes of at least 4 members (excludes halogenated alkanes) is 3. The molecular formula is C19H36N2OS. The van der Waals surface area contributed by atoms with Gasteiger partial charge in [0.05, 0.1) is 6.54 Å². The highest BCUT2D eigenvalue weighted by molar-refractivity contribution is 8.02. The first-order chi connectivity index (χ1) is 11.0. The van der Waals surface area contributed by atoms with E-state index in [9.17, 15) is 0 Å². The fourth-order valence-electron chi connectivity index (χ4n) is 3.28. The molecule has 2 aliphatic heterocycles. The maximum atomic E-state index is 5.97. The summed E-state index contributed by atoms with van der Waals surface area (Å²) in [6, 6.07) is 0. The minimum Gasteiger partial charge on any atom is -0.482 e. The molecule has 0 spiro atoms. The van der Waals surface area contributed by atoms with Gasteiger partial charge in [0.15, 0.2) is 10.9 Å². The number of hydrogen-bond acceptors (Lipinski definition) is 4. The second-order valence-corrected chi connectivity index (χ2v) is 9.07. The molecule has 2 heterocycles. The summed E-state index contributed by atoms with van der Waals surface area (Å²) in [6.45, 7) is 14.8. The zero-order chi connectivity index (χ0) is 16.7. The molecule has 3 nitrogen and oxygen atoms in total. The average molecular weight is 341 g/mol. The van der Waals surface area contributed by atoms with E-state index in [0.29, 0.717) is 5.41 Å². The second-order valence-electron chi connectivity index (χ2n) is 8.01. The number of nitrogens with zero attached hydrogens (tertiary/aromatic N) is 2. The molecule has 0 saturated heterocycles. The van der Waals surface area contributed by atoms with Gasteiger partial charge in [-0.3, -0.25) is 0 Å². The molecule has 4 heteroatoms. The number of hydrogen-bond donors (Lipinski definition) is 0. The van der Waals surface area contributed by atoms with Gasteiger partial charge >= 0.3 is 0 Å². The number of rotatable bonds is 8. The smallest absolute Gasteiger partial charge is 0.194 e. The molecule has 0 saturated carbocycles. The largest absolute Gasteiger partial charge is 0.482 e. The van der Waals surface area contributed by atoms with Gasteiger partial charge in [-0.25, -0.2) is 0 Å². The van der Waals surface area contributed by atoms with Crippen molar-refractivity contribution in [3.05, 3.63) is 10.9 Å². The van der Waals surface area contributed by atoms with Gasteiger partial charge in [0.25, 0.3) is 0 Å². The van der Waals surface area contributed by atoms with Crippen LogP contribution in [0.3, 0.4) is 0 Å². The van der Waals surface area contributed by atoms with Gasteiger partial charge in [-0.05, 0) is 24.7 Å². The Morgan fingerprint density at radius 3 is 2.39 bits per heavy atom. The fraction of sp³-hybridized carbons (Fsp3) is 0.895. The first-order valence-electron chi connectivity index (χ1n) is 9.51. The van der Waals surface area contributed by atoms with Crippen LogP contribution in [-0.2, 0) is 4.74 Å². The molecule has 0 N–H and O–H groups in total. The van der Waals surface area contributed by atoms with Gasteiger partial charge in [0.2, 0.25) is 0 Å². The van der Waals surface area contributed by atoms with Crippen LogP contribution in [0.4, 0.5) is 0 Å². The Labute approximate surface area is 147 Å². The lowest BCUT2D eigenvalue weighted by molar-refractivity contribution is 0.0971. The normalized spacial score (nSPS) is 19.0. The van der Waals surface area contributed by atoms with Crippen molar-refractivity contribution in [1.82, 2.24) is 9.80 Å². The average Bonchev–Trinajstić information content (AvgIpc) is 2.51. The fourth-order valence-corrected chi connectivity index (χ4v) is 4.33. The van der Waals surface area contributed by atoms with Gasteiger partial charge in [-0.15, -0.1) is 0 Å². The van der Waals surface area contributed by atoms with E-state index in [4.69, 9.17) is 4.74 Å². The van der Waals surface area contributed by atoms with Crippen LogP contribution in [-0.4, -0.2) is 48.3 Å². The van der Waals surface area contributed by atoms with Crippen molar-refractivity contribution < 1.29 is 4.74 Å². The van der Waals surface area contributed by atoms with E-state index < -0.39 is 0 Å². The van der Waals surface area contributed by atoms with Crippen molar-refractivity contribution in [1.29, 1.82) is 0 Å². The van der Waals surface area contributed by atoms with Crippen LogP contribution in [0.15, 0.2) is 10.9 Å². The summed E-state index contributed by atoms with van der Waals surface area (Å²) < 4.78 is 5.97. The van der Waals surface area contributed by atoms with Crippen molar-refractivity contribution >= 4 is 11.8 Å². The predicted octanol–water partition coefficient (Wildman–Crippen LogP) is 4.90. The molecule has 2 aliphatic rings. The first kappa shape index (κ1) is 18.8. The summed E-state index contributed by atoms with van der Waals surface area (Å²) in [5.74, 6) is 2.57. The Balaban J connectivity index is 1.90. The maximum Gasteiger partial charge on any atom is 0.194 e. The maximum absolute atomic E-state index is 5.97. The third-order valence-corrected chi connectivity index (χ3v) is 5.56.